The van der Waals surface area contributed by atoms with Crippen molar-refractivity contribution in [1.82, 2.24) is 0 Å². The summed E-state index contributed by atoms with van der Waals surface area (Å²) in [6.45, 7) is 0. The highest BCUT2D eigenvalue weighted by molar-refractivity contribution is 9.11. The van der Waals surface area contributed by atoms with Crippen LogP contribution < -0.4 is 5.73 Å². The molecule has 0 aliphatic heterocycles. The Kier molecular flexibility index (Phi) is 6.45. The average molecular weight is 400 g/mol. The van der Waals surface area contributed by atoms with Crippen molar-refractivity contribution in [2.75, 3.05) is 0 Å². The van der Waals surface area contributed by atoms with Gasteiger partial charge in [0.25, 0.3) is 0 Å². The zero-order valence-electron chi connectivity index (χ0n) is 10.0. The van der Waals surface area contributed by atoms with Crippen LogP contribution in [0.25, 0.3) is 0 Å². The molecule has 1 aliphatic rings. The van der Waals surface area contributed by atoms with Crippen LogP contribution in [0.4, 0.5) is 0 Å². The van der Waals surface area contributed by atoms with Gasteiger partial charge in [0.15, 0.2) is 0 Å². The summed E-state index contributed by atoms with van der Waals surface area (Å²) in [7, 11) is 0. The van der Waals surface area contributed by atoms with Crippen LogP contribution in [0.15, 0.2) is 21.1 Å². The molecule has 2 nitrogen and oxygen atoms in total. The molecule has 0 spiro atoms. The molecule has 0 aromatic heterocycles. The van der Waals surface area contributed by atoms with E-state index in [1.165, 1.54) is 32.1 Å². The maximum atomic E-state index is 9.69. The Balaban J connectivity index is 0.00000162. The molecule has 5 heteroatoms. The Hall–Kier alpha value is 0.230. The molecule has 1 fully saturated rings. The molecule has 1 saturated carbocycles. The Morgan fingerprint density at radius 2 is 1.61 bits per heavy atom. The summed E-state index contributed by atoms with van der Waals surface area (Å²) >= 11 is 6.71. The van der Waals surface area contributed by atoms with E-state index in [2.05, 4.69) is 31.9 Å². The van der Waals surface area contributed by atoms with Crippen LogP contribution in [0, 0.1) is 5.92 Å². The summed E-state index contributed by atoms with van der Waals surface area (Å²) in [6.07, 6.45) is 6.36. The van der Waals surface area contributed by atoms with E-state index in [1.54, 1.807) is 0 Å². The van der Waals surface area contributed by atoms with Crippen molar-refractivity contribution < 1.29 is 5.11 Å². The molecular formula is C13H18Br2ClNO. The van der Waals surface area contributed by atoms with Crippen molar-refractivity contribution in [3.8, 4) is 5.75 Å². The first-order valence-corrected chi connectivity index (χ1v) is 7.61. The second-order valence-corrected chi connectivity index (χ2v) is 6.47. The van der Waals surface area contributed by atoms with E-state index in [9.17, 15) is 5.11 Å². The van der Waals surface area contributed by atoms with Gasteiger partial charge in [-0.15, -0.1) is 12.4 Å². The Morgan fingerprint density at radius 3 is 2.11 bits per heavy atom. The Bertz CT molecular complexity index is 385. The number of phenolic OH excluding ortho intramolecular Hbond substituents is 1. The van der Waals surface area contributed by atoms with Crippen molar-refractivity contribution in [1.29, 1.82) is 0 Å². The second kappa shape index (κ2) is 7.13. The van der Waals surface area contributed by atoms with E-state index < -0.39 is 0 Å². The van der Waals surface area contributed by atoms with Crippen molar-refractivity contribution >= 4 is 44.3 Å². The predicted molar refractivity (Wildman–Crippen MR) is 84.3 cm³/mol. The fraction of sp³-hybridized carbons (Fsp3) is 0.538. The summed E-state index contributed by atoms with van der Waals surface area (Å²) in [6, 6.07) is 3.93. The lowest BCUT2D eigenvalue weighted by atomic mass is 9.81. The maximum absolute atomic E-state index is 9.69. The van der Waals surface area contributed by atoms with E-state index in [4.69, 9.17) is 5.73 Å². The third-order valence-electron chi connectivity index (χ3n) is 3.58. The standard InChI is InChI=1S/C13H17Br2NO.ClH/c14-10-6-9(7-11(15)13(10)17)12(16)8-4-2-1-3-5-8;/h6-8,12,17H,1-5,16H2;1H/t12-;/m1./s1. The van der Waals surface area contributed by atoms with Gasteiger partial charge in [0.2, 0.25) is 0 Å². The molecule has 0 bridgehead atoms. The molecule has 1 aromatic rings. The average Bonchev–Trinajstić information content (AvgIpc) is 2.35. The summed E-state index contributed by atoms with van der Waals surface area (Å²) in [5, 5.41) is 9.69. The highest BCUT2D eigenvalue weighted by Gasteiger charge is 2.23. The van der Waals surface area contributed by atoms with Gasteiger partial charge in [0, 0.05) is 6.04 Å². The largest absolute Gasteiger partial charge is 0.506 e. The third-order valence-corrected chi connectivity index (χ3v) is 4.79. The highest BCUT2D eigenvalue weighted by Crippen LogP contribution is 2.38. The lowest BCUT2D eigenvalue weighted by Gasteiger charge is -2.28. The molecule has 0 heterocycles. The molecule has 1 aliphatic carbocycles. The normalized spacial score (nSPS) is 18.2. The molecule has 1 atom stereocenters. The highest BCUT2D eigenvalue weighted by atomic mass is 79.9. The number of nitrogens with two attached hydrogens (primary N) is 1. The maximum Gasteiger partial charge on any atom is 0.143 e. The molecule has 1 aromatic carbocycles. The number of halogens is 3. The lowest BCUT2D eigenvalue weighted by molar-refractivity contribution is 0.308. The van der Waals surface area contributed by atoms with Gasteiger partial charge in [-0.1, -0.05) is 19.3 Å². The van der Waals surface area contributed by atoms with E-state index >= 15 is 0 Å². The predicted octanol–water partition coefficient (Wildman–Crippen LogP) is 4.92. The minimum Gasteiger partial charge on any atom is -0.506 e. The van der Waals surface area contributed by atoms with Gasteiger partial charge < -0.3 is 10.8 Å². The number of hydrogen-bond acceptors (Lipinski definition) is 2. The van der Waals surface area contributed by atoms with Gasteiger partial charge in [0.1, 0.15) is 5.75 Å². The molecule has 18 heavy (non-hydrogen) atoms. The smallest absolute Gasteiger partial charge is 0.143 e. The van der Waals surface area contributed by atoms with Crippen LogP contribution >= 0.6 is 44.3 Å². The van der Waals surface area contributed by atoms with E-state index in [1.807, 2.05) is 12.1 Å². The number of benzene rings is 1. The summed E-state index contributed by atoms with van der Waals surface area (Å²) in [5.74, 6) is 0.816. The van der Waals surface area contributed by atoms with Gasteiger partial charge >= 0.3 is 0 Å². The van der Waals surface area contributed by atoms with Crippen LogP contribution in [0.2, 0.25) is 0 Å². The molecular weight excluding hydrogens is 381 g/mol. The third kappa shape index (κ3) is 3.62. The van der Waals surface area contributed by atoms with E-state index in [0.29, 0.717) is 14.9 Å². The molecule has 0 saturated heterocycles. The number of hydrogen-bond donors (Lipinski definition) is 2. The molecule has 0 radical (unpaired) electrons. The number of rotatable bonds is 2. The molecule has 0 unspecified atom stereocenters. The van der Waals surface area contributed by atoms with Gasteiger partial charge in [-0.25, -0.2) is 0 Å². The van der Waals surface area contributed by atoms with Crippen LogP contribution in [-0.4, -0.2) is 5.11 Å². The molecule has 3 N–H and O–H groups in total. The minimum absolute atomic E-state index is 0. The first-order valence-electron chi connectivity index (χ1n) is 6.03. The van der Waals surface area contributed by atoms with Crippen molar-refractivity contribution in [2.45, 2.75) is 38.1 Å². The monoisotopic (exact) mass is 397 g/mol. The summed E-state index contributed by atoms with van der Waals surface area (Å²) < 4.78 is 1.40. The van der Waals surface area contributed by atoms with Crippen LogP contribution in [-0.2, 0) is 0 Å². The first kappa shape index (κ1) is 16.3. The van der Waals surface area contributed by atoms with Gasteiger partial charge in [0.05, 0.1) is 8.95 Å². The minimum atomic E-state index is 0. The number of aromatic hydroxyl groups is 1. The topological polar surface area (TPSA) is 46.2 Å². The van der Waals surface area contributed by atoms with Crippen molar-refractivity contribution in [3.63, 3.8) is 0 Å². The van der Waals surface area contributed by atoms with E-state index in [0.717, 1.165) is 5.56 Å². The molecule has 2 rings (SSSR count). The van der Waals surface area contributed by atoms with Crippen molar-refractivity contribution in [2.24, 2.45) is 11.7 Å². The van der Waals surface area contributed by atoms with Crippen LogP contribution in [0.5, 0.6) is 5.75 Å². The van der Waals surface area contributed by atoms with Gasteiger partial charge in [-0.2, -0.15) is 0 Å². The second-order valence-electron chi connectivity index (χ2n) is 4.76. The zero-order valence-corrected chi connectivity index (χ0v) is 14.0. The van der Waals surface area contributed by atoms with Gasteiger partial charge in [-0.3, -0.25) is 0 Å². The Labute approximate surface area is 131 Å². The fourth-order valence-electron chi connectivity index (χ4n) is 2.54. The first-order chi connectivity index (χ1) is 8.09. The van der Waals surface area contributed by atoms with Crippen molar-refractivity contribution in [3.05, 3.63) is 26.6 Å². The zero-order chi connectivity index (χ0) is 12.4. The molecule has 102 valence electrons. The van der Waals surface area contributed by atoms with Gasteiger partial charge in [-0.05, 0) is 68.3 Å². The van der Waals surface area contributed by atoms with Crippen LogP contribution in [0.1, 0.15) is 43.7 Å². The van der Waals surface area contributed by atoms with Crippen LogP contribution in [0.3, 0.4) is 0 Å². The lowest BCUT2D eigenvalue weighted by Crippen LogP contribution is -2.23. The Morgan fingerprint density at radius 1 is 1.11 bits per heavy atom. The summed E-state index contributed by atoms with van der Waals surface area (Å²) in [5.41, 5.74) is 7.43. The molecule has 0 amide bonds. The quantitative estimate of drug-likeness (QED) is 0.741. The summed E-state index contributed by atoms with van der Waals surface area (Å²) in [4.78, 5) is 0. The fourth-order valence-corrected chi connectivity index (χ4v) is 3.76. The SMILES string of the molecule is Cl.N[C@@H](c1cc(Br)c(O)c(Br)c1)C1CCCCC1. The van der Waals surface area contributed by atoms with E-state index in [-0.39, 0.29) is 24.2 Å². The number of phenols is 1.